The summed E-state index contributed by atoms with van der Waals surface area (Å²) in [7, 11) is 0. The van der Waals surface area contributed by atoms with Gasteiger partial charge >= 0.3 is 0 Å². The molecule has 0 radical (unpaired) electrons. The van der Waals surface area contributed by atoms with E-state index < -0.39 is 0 Å². The summed E-state index contributed by atoms with van der Waals surface area (Å²) in [6, 6.07) is 8.30. The lowest BCUT2D eigenvalue weighted by atomic mass is 9.94. The summed E-state index contributed by atoms with van der Waals surface area (Å²) in [5.74, 6) is -0.311. The van der Waals surface area contributed by atoms with Crippen molar-refractivity contribution < 1.29 is 9.18 Å². The summed E-state index contributed by atoms with van der Waals surface area (Å²) in [4.78, 5) is 11.4. The van der Waals surface area contributed by atoms with Crippen LogP contribution in [-0.4, -0.2) is 5.78 Å². The molecule has 0 fully saturated rings. The van der Waals surface area contributed by atoms with Crippen LogP contribution in [0.4, 0.5) is 4.39 Å². The zero-order chi connectivity index (χ0) is 14.2. The van der Waals surface area contributed by atoms with Gasteiger partial charge in [-0.25, -0.2) is 4.39 Å². The fraction of sp³-hybridized carbons (Fsp3) is 0.188. The van der Waals surface area contributed by atoms with Crippen molar-refractivity contribution in [3.8, 4) is 11.1 Å². The predicted octanol–water partition coefficient (Wildman–Crippen LogP) is 4.97. The Bertz CT molecular complexity index is 639. The summed E-state index contributed by atoms with van der Waals surface area (Å²) in [6.45, 7) is 5.20. The van der Waals surface area contributed by atoms with E-state index in [2.05, 4.69) is 0 Å². The highest BCUT2D eigenvalue weighted by molar-refractivity contribution is 6.34. The molecular formula is C16H14ClFO. The minimum atomic E-state index is -0.245. The molecule has 19 heavy (non-hydrogen) atoms. The number of rotatable bonds is 2. The molecule has 0 amide bonds. The van der Waals surface area contributed by atoms with E-state index in [0.717, 1.165) is 22.3 Å². The van der Waals surface area contributed by atoms with Gasteiger partial charge in [-0.3, -0.25) is 4.79 Å². The van der Waals surface area contributed by atoms with Crippen LogP contribution in [0.15, 0.2) is 30.3 Å². The number of benzene rings is 2. The standard InChI is InChI=1S/C16H14ClFO/c1-9-6-13(18)7-10(2)16(9)12-4-5-14(11(3)19)15(17)8-12/h4-8H,1-3H3. The van der Waals surface area contributed by atoms with Crippen LogP contribution < -0.4 is 0 Å². The number of aryl methyl sites for hydroxylation is 2. The molecule has 0 aliphatic heterocycles. The Morgan fingerprint density at radius 2 is 1.68 bits per heavy atom. The minimum absolute atomic E-state index is 0.0656. The third kappa shape index (κ3) is 2.69. The van der Waals surface area contributed by atoms with Gasteiger partial charge in [0, 0.05) is 5.56 Å². The van der Waals surface area contributed by atoms with E-state index in [1.807, 2.05) is 19.9 Å². The van der Waals surface area contributed by atoms with Crippen LogP contribution >= 0.6 is 11.6 Å². The molecule has 0 unspecified atom stereocenters. The van der Waals surface area contributed by atoms with E-state index in [0.29, 0.717) is 10.6 Å². The maximum atomic E-state index is 13.3. The Balaban J connectivity index is 2.61. The van der Waals surface area contributed by atoms with Crippen molar-refractivity contribution in [1.82, 2.24) is 0 Å². The molecule has 0 aliphatic carbocycles. The number of carbonyl (C=O) groups excluding carboxylic acids is 1. The first kappa shape index (κ1) is 13.8. The smallest absolute Gasteiger partial charge is 0.161 e. The molecule has 0 heterocycles. The van der Waals surface area contributed by atoms with Gasteiger partial charge in [-0.05, 0) is 67.3 Å². The molecule has 0 spiro atoms. The first-order valence-corrected chi connectivity index (χ1v) is 6.35. The Labute approximate surface area is 117 Å². The lowest BCUT2D eigenvalue weighted by Crippen LogP contribution is -1.95. The van der Waals surface area contributed by atoms with Crippen LogP contribution in [0.5, 0.6) is 0 Å². The molecule has 2 aromatic rings. The molecule has 0 bridgehead atoms. The molecule has 2 aromatic carbocycles. The molecule has 0 saturated carbocycles. The van der Waals surface area contributed by atoms with Crippen LogP contribution in [-0.2, 0) is 0 Å². The van der Waals surface area contributed by atoms with Crippen LogP contribution in [0.1, 0.15) is 28.4 Å². The highest BCUT2D eigenvalue weighted by Crippen LogP contribution is 2.31. The quantitative estimate of drug-likeness (QED) is 0.708. The summed E-state index contributed by atoms with van der Waals surface area (Å²) in [5, 5.41) is 0.424. The first-order valence-electron chi connectivity index (χ1n) is 5.97. The highest BCUT2D eigenvalue weighted by Gasteiger charge is 2.11. The molecule has 0 N–H and O–H groups in total. The monoisotopic (exact) mass is 276 g/mol. The molecular weight excluding hydrogens is 263 g/mol. The Kier molecular flexibility index (Phi) is 3.72. The van der Waals surface area contributed by atoms with Crippen LogP contribution in [0.25, 0.3) is 11.1 Å². The van der Waals surface area contributed by atoms with Gasteiger partial charge in [0.1, 0.15) is 5.82 Å². The fourth-order valence-electron chi connectivity index (χ4n) is 2.32. The van der Waals surface area contributed by atoms with Gasteiger partial charge in [-0.15, -0.1) is 0 Å². The van der Waals surface area contributed by atoms with Gasteiger partial charge in [0.25, 0.3) is 0 Å². The molecule has 0 atom stereocenters. The highest BCUT2D eigenvalue weighted by atomic mass is 35.5. The third-order valence-corrected chi connectivity index (χ3v) is 3.45. The molecule has 2 rings (SSSR count). The van der Waals surface area contributed by atoms with Crippen LogP contribution in [0.3, 0.4) is 0 Å². The summed E-state index contributed by atoms with van der Waals surface area (Å²) in [6.07, 6.45) is 0. The molecule has 0 aliphatic rings. The summed E-state index contributed by atoms with van der Waals surface area (Å²) < 4.78 is 13.3. The van der Waals surface area contributed by atoms with Gasteiger partial charge in [0.05, 0.1) is 5.02 Å². The Morgan fingerprint density at radius 3 is 2.16 bits per heavy atom. The lowest BCUT2D eigenvalue weighted by Gasteiger charge is -2.12. The van der Waals surface area contributed by atoms with E-state index in [-0.39, 0.29) is 11.6 Å². The van der Waals surface area contributed by atoms with Gasteiger partial charge in [0.2, 0.25) is 0 Å². The molecule has 0 saturated heterocycles. The summed E-state index contributed by atoms with van der Waals surface area (Å²) >= 11 is 6.12. The molecule has 1 nitrogen and oxygen atoms in total. The van der Waals surface area contributed by atoms with Gasteiger partial charge in [-0.1, -0.05) is 17.7 Å². The molecule has 98 valence electrons. The van der Waals surface area contributed by atoms with Crippen LogP contribution in [0.2, 0.25) is 5.02 Å². The number of ketones is 1. The average Bonchev–Trinajstić information content (AvgIpc) is 2.26. The maximum absolute atomic E-state index is 13.3. The largest absolute Gasteiger partial charge is 0.294 e. The van der Waals surface area contributed by atoms with Crippen molar-refractivity contribution in [2.75, 3.05) is 0 Å². The van der Waals surface area contributed by atoms with Crippen molar-refractivity contribution >= 4 is 17.4 Å². The van der Waals surface area contributed by atoms with Gasteiger partial charge in [-0.2, -0.15) is 0 Å². The maximum Gasteiger partial charge on any atom is 0.161 e. The Morgan fingerprint density at radius 1 is 1.11 bits per heavy atom. The lowest BCUT2D eigenvalue weighted by molar-refractivity contribution is 0.101. The Hall–Kier alpha value is -1.67. The zero-order valence-corrected chi connectivity index (χ0v) is 11.8. The molecule has 3 heteroatoms. The molecule has 0 aromatic heterocycles. The number of Topliss-reactive ketones (excluding diaryl/α,β-unsaturated/α-hetero) is 1. The van der Waals surface area contributed by atoms with Gasteiger partial charge in [0.15, 0.2) is 5.78 Å². The van der Waals surface area contributed by atoms with Crippen molar-refractivity contribution in [3.63, 3.8) is 0 Å². The van der Waals surface area contributed by atoms with Gasteiger partial charge < -0.3 is 0 Å². The number of hydrogen-bond donors (Lipinski definition) is 0. The number of carbonyl (C=O) groups is 1. The van der Waals surface area contributed by atoms with E-state index in [4.69, 9.17) is 11.6 Å². The fourth-order valence-corrected chi connectivity index (χ4v) is 2.64. The van der Waals surface area contributed by atoms with Crippen molar-refractivity contribution in [2.45, 2.75) is 20.8 Å². The first-order chi connectivity index (χ1) is 8.90. The van der Waals surface area contributed by atoms with E-state index in [1.165, 1.54) is 19.1 Å². The van der Waals surface area contributed by atoms with Crippen molar-refractivity contribution in [1.29, 1.82) is 0 Å². The second-order valence-corrected chi connectivity index (χ2v) is 5.07. The zero-order valence-electron chi connectivity index (χ0n) is 11.1. The third-order valence-electron chi connectivity index (χ3n) is 3.13. The second kappa shape index (κ2) is 5.14. The minimum Gasteiger partial charge on any atom is -0.294 e. The summed E-state index contributed by atoms with van der Waals surface area (Å²) in [5.41, 5.74) is 4.06. The SMILES string of the molecule is CC(=O)c1ccc(-c2c(C)cc(F)cc2C)cc1Cl. The normalized spacial score (nSPS) is 10.6. The second-order valence-electron chi connectivity index (χ2n) is 4.67. The van der Waals surface area contributed by atoms with E-state index in [9.17, 15) is 9.18 Å². The number of hydrogen-bond acceptors (Lipinski definition) is 1. The van der Waals surface area contributed by atoms with E-state index in [1.54, 1.807) is 12.1 Å². The van der Waals surface area contributed by atoms with E-state index >= 15 is 0 Å². The van der Waals surface area contributed by atoms with Crippen molar-refractivity contribution in [2.24, 2.45) is 0 Å². The topological polar surface area (TPSA) is 17.1 Å². The predicted molar refractivity (Wildman–Crippen MR) is 76.3 cm³/mol. The van der Waals surface area contributed by atoms with Crippen molar-refractivity contribution in [3.05, 3.63) is 57.9 Å². The number of halogens is 2. The van der Waals surface area contributed by atoms with Crippen LogP contribution in [0, 0.1) is 19.7 Å². The average molecular weight is 277 g/mol.